The van der Waals surface area contributed by atoms with Crippen LogP contribution in [0.5, 0.6) is 0 Å². The molecule has 0 saturated carbocycles. The van der Waals surface area contributed by atoms with E-state index >= 15 is 0 Å². The van der Waals surface area contributed by atoms with Crippen LogP contribution < -0.4 is 0 Å². The molecule has 0 aliphatic heterocycles. The number of ketones is 1. The maximum atomic E-state index is 11.7. The minimum atomic E-state index is 0. The second-order valence-corrected chi connectivity index (χ2v) is 14.8. The maximum absolute atomic E-state index is 11.7. The van der Waals surface area contributed by atoms with Crippen LogP contribution in [0.1, 0.15) is 105 Å². The van der Waals surface area contributed by atoms with Gasteiger partial charge in [0.1, 0.15) is 11.3 Å². The third-order valence-electron chi connectivity index (χ3n) is 9.45. The number of carbonyl (C=O) groups excluding carboxylic acids is 1. The van der Waals surface area contributed by atoms with Crippen molar-refractivity contribution in [2.75, 3.05) is 0 Å². The number of benzene rings is 3. The molecule has 50 heavy (non-hydrogen) atoms. The predicted octanol–water partition coefficient (Wildman–Crippen LogP) is 12.8. The Kier molecular flexibility index (Phi) is 14.8. The van der Waals surface area contributed by atoms with Crippen molar-refractivity contribution in [1.82, 2.24) is 4.98 Å². The molecule has 4 nitrogen and oxygen atoms in total. The number of hydrogen-bond donors (Lipinski definition) is 1. The summed E-state index contributed by atoms with van der Waals surface area (Å²) in [5.41, 5.74) is 8.56. The minimum Gasteiger partial charge on any atom is -0.512 e. The van der Waals surface area contributed by atoms with Gasteiger partial charge in [0.2, 0.25) is 0 Å². The Morgan fingerprint density at radius 3 is 2.10 bits per heavy atom. The van der Waals surface area contributed by atoms with E-state index in [9.17, 15) is 9.90 Å². The van der Waals surface area contributed by atoms with E-state index in [1.807, 2.05) is 40.7 Å². The number of aliphatic hydroxyl groups is 1. The number of rotatable bonds is 11. The second-order valence-electron chi connectivity index (χ2n) is 14.8. The van der Waals surface area contributed by atoms with Crippen LogP contribution >= 0.6 is 0 Å². The molecule has 2 heterocycles. The molecule has 0 spiro atoms. The number of hydrogen-bond acceptors (Lipinski definition) is 4. The number of nitrogens with zero attached hydrogens (tertiary/aromatic N) is 1. The number of aliphatic hydroxyl groups excluding tert-OH is 1. The van der Waals surface area contributed by atoms with Gasteiger partial charge in [-0.3, -0.25) is 9.78 Å². The van der Waals surface area contributed by atoms with E-state index in [0.29, 0.717) is 5.92 Å². The fourth-order valence-electron chi connectivity index (χ4n) is 6.55. The van der Waals surface area contributed by atoms with E-state index in [0.717, 1.165) is 76.7 Å². The monoisotopic (exact) mass is 851 g/mol. The van der Waals surface area contributed by atoms with E-state index in [1.54, 1.807) is 0 Å². The number of aryl methyl sites for hydroxylation is 1. The molecule has 0 atom stereocenters. The molecular formula is C45H56IrNO3-. The summed E-state index contributed by atoms with van der Waals surface area (Å²) in [6.07, 6.45) is 5.99. The van der Waals surface area contributed by atoms with E-state index in [4.69, 9.17) is 9.40 Å². The van der Waals surface area contributed by atoms with Crippen molar-refractivity contribution in [1.29, 1.82) is 0 Å². The van der Waals surface area contributed by atoms with Crippen LogP contribution in [0, 0.1) is 30.7 Å². The predicted molar refractivity (Wildman–Crippen MR) is 207 cm³/mol. The average molecular weight is 851 g/mol. The summed E-state index contributed by atoms with van der Waals surface area (Å²) in [4.78, 5) is 16.7. The van der Waals surface area contributed by atoms with Crippen molar-refractivity contribution in [3.8, 4) is 22.4 Å². The molecule has 5 heteroatoms. The Morgan fingerprint density at radius 2 is 1.52 bits per heavy atom. The molecule has 1 radical (unpaired) electrons. The first kappa shape index (κ1) is 40.9. The van der Waals surface area contributed by atoms with Gasteiger partial charge in [0.15, 0.2) is 11.4 Å². The third-order valence-corrected chi connectivity index (χ3v) is 9.45. The van der Waals surface area contributed by atoms with Crippen molar-refractivity contribution >= 4 is 27.7 Å². The van der Waals surface area contributed by atoms with Gasteiger partial charge in [-0.25, -0.2) is 0 Å². The van der Waals surface area contributed by atoms with Gasteiger partial charge in [0.25, 0.3) is 0 Å². The molecule has 0 aliphatic rings. The van der Waals surface area contributed by atoms with Crippen LogP contribution in [0.15, 0.2) is 83.0 Å². The summed E-state index contributed by atoms with van der Waals surface area (Å²) in [5.74, 6) is 2.06. The number of aromatic nitrogens is 1. The fraction of sp³-hybridized carbons (Fsp3) is 0.422. The summed E-state index contributed by atoms with van der Waals surface area (Å²) >= 11 is 0. The van der Waals surface area contributed by atoms with E-state index in [2.05, 4.69) is 101 Å². The topological polar surface area (TPSA) is 63.3 Å². The SMILES string of the molecule is CCC(CC)C(=O)/C=C(\O)C(CC)CC.Cc1cc2nc(-c3[c-]c4ccccc4c(C(C)(C)C)c3)cc(-c3ccc(CC(C)C)cc3)c2o1.[Ir]. The van der Waals surface area contributed by atoms with Crippen molar-refractivity contribution in [2.24, 2.45) is 17.8 Å². The van der Waals surface area contributed by atoms with E-state index in [-0.39, 0.29) is 48.9 Å². The van der Waals surface area contributed by atoms with Crippen molar-refractivity contribution in [2.45, 2.75) is 107 Å². The molecule has 0 saturated heterocycles. The smallest absolute Gasteiger partial charge is 0.162 e. The standard InChI is InChI=1S/C32H32NO.C13H24O2.Ir/c1-20(2)15-22-11-13-23(14-12-22)27-19-29(33-30-16-21(3)34-31(27)30)25-17-24-9-7-8-10-26(24)28(18-25)32(4,5)6;1-5-10(6-2)12(14)9-13(15)11(7-3)8-4;/h7-14,16,18-20H,15H2,1-6H3;9-11,14H,5-8H2,1-4H3;/q-1;;/b;12-9-;. The second kappa shape index (κ2) is 18.1. The molecule has 0 fully saturated rings. The van der Waals surface area contributed by atoms with Gasteiger partial charge in [0, 0.05) is 55.3 Å². The molecule has 3 aromatic carbocycles. The van der Waals surface area contributed by atoms with Crippen LogP contribution in [0.3, 0.4) is 0 Å². The Bertz CT molecular complexity index is 1880. The molecule has 0 unspecified atom stereocenters. The van der Waals surface area contributed by atoms with Crippen molar-refractivity contribution in [3.05, 3.63) is 102 Å². The van der Waals surface area contributed by atoms with Crippen LogP contribution in [0.25, 0.3) is 44.3 Å². The van der Waals surface area contributed by atoms with Gasteiger partial charge in [-0.15, -0.1) is 29.1 Å². The van der Waals surface area contributed by atoms with E-state index < -0.39 is 0 Å². The molecule has 0 aliphatic carbocycles. The van der Waals surface area contributed by atoms with Crippen LogP contribution in [0.4, 0.5) is 0 Å². The maximum Gasteiger partial charge on any atom is 0.162 e. The third kappa shape index (κ3) is 10.0. The molecule has 2 aromatic heterocycles. The van der Waals surface area contributed by atoms with E-state index in [1.165, 1.54) is 22.6 Å². The number of furan rings is 1. The summed E-state index contributed by atoms with van der Waals surface area (Å²) in [5, 5.41) is 12.1. The Labute approximate surface area is 314 Å². The first-order valence-electron chi connectivity index (χ1n) is 18.2. The molecule has 5 aromatic rings. The first-order valence-corrected chi connectivity index (χ1v) is 18.2. The van der Waals surface area contributed by atoms with Gasteiger partial charge < -0.3 is 9.52 Å². The van der Waals surface area contributed by atoms with Crippen LogP contribution in [-0.4, -0.2) is 15.9 Å². The zero-order valence-corrected chi connectivity index (χ0v) is 34.1. The minimum absolute atomic E-state index is 0. The fourth-order valence-corrected chi connectivity index (χ4v) is 6.55. The van der Waals surface area contributed by atoms with Gasteiger partial charge >= 0.3 is 0 Å². The molecule has 269 valence electrons. The first-order chi connectivity index (χ1) is 23.3. The van der Waals surface area contributed by atoms with Gasteiger partial charge in [-0.05, 0) is 61.5 Å². The molecule has 5 rings (SSSR count). The zero-order chi connectivity index (χ0) is 35.9. The molecule has 0 amide bonds. The summed E-state index contributed by atoms with van der Waals surface area (Å²) < 4.78 is 6.11. The largest absolute Gasteiger partial charge is 0.512 e. The molecular weight excluding hydrogens is 795 g/mol. The van der Waals surface area contributed by atoms with Gasteiger partial charge in [-0.2, -0.15) is 0 Å². The van der Waals surface area contributed by atoms with Crippen LogP contribution in [0.2, 0.25) is 0 Å². The summed E-state index contributed by atoms with van der Waals surface area (Å²) in [6, 6.07) is 27.5. The Morgan fingerprint density at radius 1 is 0.900 bits per heavy atom. The number of allylic oxidation sites excluding steroid dienone is 2. The number of fused-ring (bicyclic) bond motifs is 2. The molecule has 0 bridgehead atoms. The average Bonchev–Trinajstić information content (AvgIpc) is 3.45. The zero-order valence-electron chi connectivity index (χ0n) is 31.7. The Hall–Kier alpha value is -3.53. The number of pyridine rings is 1. The Balaban J connectivity index is 0.000000361. The van der Waals surface area contributed by atoms with Gasteiger partial charge in [-0.1, -0.05) is 122 Å². The normalized spacial score (nSPS) is 12.1. The number of carbonyl (C=O) groups is 1. The quantitative estimate of drug-likeness (QED) is 0.0817. The molecule has 1 N–H and O–H groups in total. The van der Waals surface area contributed by atoms with Gasteiger partial charge in [0.05, 0.1) is 5.76 Å². The summed E-state index contributed by atoms with van der Waals surface area (Å²) in [6.45, 7) is 21.4. The summed E-state index contributed by atoms with van der Waals surface area (Å²) in [7, 11) is 0. The van der Waals surface area contributed by atoms with Crippen LogP contribution in [-0.2, 0) is 36.7 Å². The van der Waals surface area contributed by atoms with Crippen molar-refractivity contribution in [3.63, 3.8) is 0 Å². The van der Waals surface area contributed by atoms with Crippen molar-refractivity contribution < 1.29 is 34.4 Å².